The molecule has 1 rings (SSSR count). The van der Waals surface area contributed by atoms with Gasteiger partial charge in [0.25, 0.3) is 0 Å². The lowest BCUT2D eigenvalue weighted by molar-refractivity contribution is 0.104. The first-order chi connectivity index (χ1) is 6.32. The van der Waals surface area contributed by atoms with E-state index in [1.54, 1.807) is 32.0 Å². The highest BCUT2D eigenvalue weighted by molar-refractivity contribution is 9.10. The highest BCUT2D eigenvalue weighted by Crippen LogP contribution is 2.29. The molecule has 1 aromatic carbocycles. The van der Waals surface area contributed by atoms with Crippen LogP contribution in [0.4, 0.5) is 0 Å². The number of nitrogens with two attached hydrogens (primary N) is 1. The molecule has 0 fully saturated rings. The number of rotatable bonds is 2. The maximum Gasteiger partial charge on any atom is 0.0964 e. The van der Waals surface area contributed by atoms with E-state index in [-0.39, 0.29) is 0 Å². The van der Waals surface area contributed by atoms with E-state index >= 15 is 0 Å². The van der Waals surface area contributed by atoms with E-state index in [0.29, 0.717) is 5.02 Å². The molecule has 0 aliphatic carbocycles. The van der Waals surface area contributed by atoms with Gasteiger partial charge < -0.3 is 10.8 Å². The Bertz CT molecular complexity index is 335. The SMILES string of the molecule is CC(C)(N)C(O)c1ccc(Br)c(Cl)c1. The number of halogens is 2. The summed E-state index contributed by atoms with van der Waals surface area (Å²) in [6, 6.07) is 5.31. The Balaban J connectivity index is 3.03. The number of aliphatic hydroxyl groups is 1. The second kappa shape index (κ2) is 4.19. The van der Waals surface area contributed by atoms with Gasteiger partial charge in [-0.05, 0) is 47.5 Å². The Morgan fingerprint density at radius 3 is 2.50 bits per heavy atom. The first-order valence-electron chi connectivity index (χ1n) is 4.24. The van der Waals surface area contributed by atoms with E-state index < -0.39 is 11.6 Å². The van der Waals surface area contributed by atoms with Gasteiger partial charge in [-0.1, -0.05) is 17.7 Å². The predicted molar refractivity (Wildman–Crippen MR) is 62.4 cm³/mol. The third kappa shape index (κ3) is 2.70. The van der Waals surface area contributed by atoms with Crippen molar-refractivity contribution in [2.75, 3.05) is 0 Å². The molecule has 1 atom stereocenters. The lowest BCUT2D eigenvalue weighted by atomic mass is 9.93. The lowest BCUT2D eigenvalue weighted by Gasteiger charge is -2.26. The van der Waals surface area contributed by atoms with Crippen molar-refractivity contribution in [3.05, 3.63) is 33.3 Å². The Hall–Kier alpha value is -0.0900. The molecule has 0 aliphatic rings. The Kier molecular flexibility index (Phi) is 3.58. The molecule has 14 heavy (non-hydrogen) atoms. The minimum absolute atomic E-state index is 0.575. The molecule has 0 saturated carbocycles. The molecule has 0 heterocycles. The number of aliphatic hydroxyl groups excluding tert-OH is 1. The van der Waals surface area contributed by atoms with Gasteiger partial charge in [-0.15, -0.1) is 0 Å². The van der Waals surface area contributed by atoms with Crippen LogP contribution in [-0.4, -0.2) is 10.6 Å². The highest BCUT2D eigenvalue weighted by atomic mass is 79.9. The molecule has 0 spiro atoms. The van der Waals surface area contributed by atoms with Crippen LogP contribution in [0.5, 0.6) is 0 Å². The maximum atomic E-state index is 9.87. The van der Waals surface area contributed by atoms with Crippen LogP contribution in [0.25, 0.3) is 0 Å². The van der Waals surface area contributed by atoms with Gasteiger partial charge in [0.15, 0.2) is 0 Å². The molecule has 1 unspecified atom stereocenters. The van der Waals surface area contributed by atoms with Gasteiger partial charge in [0.1, 0.15) is 0 Å². The lowest BCUT2D eigenvalue weighted by Crippen LogP contribution is -2.39. The summed E-state index contributed by atoms with van der Waals surface area (Å²) < 4.78 is 0.810. The molecule has 0 saturated heterocycles. The van der Waals surface area contributed by atoms with Gasteiger partial charge in [0, 0.05) is 10.0 Å². The van der Waals surface area contributed by atoms with Gasteiger partial charge >= 0.3 is 0 Å². The summed E-state index contributed by atoms with van der Waals surface area (Å²) in [5.41, 5.74) is 5.85. The second-order valence-corrected chi connectivity index (χ2v) is 5.16. The number of hydrogen-bond acceptors (Lipinski definition) is 2. The third-order valence-corrected chi connectivity index (χ3v) is 3.20. The average Bonchev–Trinajstić information content (AvgIpc) is 2.07. The summed E-state index contributed by atoms with van der Waals surface area (Å²) >= 11 is 9.19. The zero-order valence-electron chi connectivity index (χ0n) is 8.09. The average molecular weight is 279 g/mol. The van der Waals surface area contributed by atoms with Crippen molar-refractivity contribution in [2.24, 2.45) is 5.73 Å². The Morgan fingerprint density at radius 1 is 1.50 bits per heavy atom. The molecule has 0 amide bonds. The summed E-state index contributed by atoms with van der Waals surface area (Å²) in [5, 5.41) is 10.4. The van der Waals surface area contributed by atoms with Gasteiger partial charge in [0.2, 0.25) is 0 Å². The quantitative estimate of drug-likeness (QED) is 0.874. The molecule has 2 nitrogen and oxygen atoms in total. The van der Waals surface area contributed by atoms with Crippen molar-refractivity contribution in [3.8, 4) is 0 Å². The number of benzene rings is 1. The second-order valence-electron chi connectivity index (χ2n) is 3.90. The fraction of sp³-hybridized carbons (Fsp3) is 0.400. The van der Waals surface area contributed by atoms with Gasteiger partial charge in [-0.3, -0.25) is 0 Å². The summed E-state index contributed by atoms with van der Waals surface area (Å²) in [4.78, 5) is 0. The standard InChI is InChI=1S/C10H13BrClNO/c1-10(2,13)9(14)6-3-4-7(11)8(12)5-6/h3-5,9,14H,13H2,1-2H3. The van der Waals surface area contributed by atoms with Crippen LogP contribution in [0.1, 0.15) is 25.5 Å². The molecule has 78 valence electrons. The summed E-state index contributed by atoms with van der Waals surface area (Å²) in [6.07, 6.45) is -0.715. The first kappa shape index (κ1) is 12.0. The highest BCUT2D eigenvalue weighted by Gasteiger charge is 2.24. The molecule has 1 aromatic rings. The zero-order chi connectivity index (χ0) is 10.9. The molecule has 3 N–H and O–H groups in total. The van der Waals surface area contributed by atoms with Crippen LogP contribution in [0.2, 0.25) is 5.02 Å². The summed E-state index contributed by atoms with van der Waals surface area (Å²) in [6.45, 7) is 3.54. The van der Waals surface area contributed by atoms with E-state index in [9.17, 15) is 5.11 Å². The molecule has 0 bridgehead atoms. The van der Waals surface area contributed by atoms with Crippen molar-refractivity contribution in [1.29, 1.82) is 0 Å². The maximum absolute atomic E-state index is 9.87. The van der Waals surface area contributed by atoms with Crippen molar-refractivity contribution >= 4 is 27.5 Å². The molecule has 4 heteroatoms. The molecular formula is C10H13BrClNO. The Labute approximate surface area is 97.2 Å². The molecule has 0 aromatic heterocycles. The van der Waals surface area contributed by atoms with Crippen molar-refractivity contribution in [2.45, 2.75) is 25.5 Å². The fourth-order valence-electron chi connectivity index (χ4n) is 1.11. The van der Waals surface area contributed by atoms with Crippen LogP contribution in [0.15, 0.2) is 22.7 Å². The van der Waals surface area contributed by atoms with Crippen LogP contribution < -0.4 is 5.73 Å². The van der Waals surface area contributed by atoms with Crippen LogP contribution >= 0.6 is 27.5 Å². The topological polar surface area (TPSA) is 46.2 Å². The monoisotopic (exact) mass is 277 g/mol. The van der Waals surface area contributed by atoms with Crippen molar-refractivity contribution in [1.82, 2.24) is 0 Å². The van der Waals surface area contributed by atoms with Crippen LogP contribution in [0.3, 0.4) is 0 Å². The normalized spacial score (nSPS) is 14.1. The minimum Gasteiger partial charge on any atom is -0.387 e. The molecule has 0 aliphatic heterocycles. The van der Waals surface area contributed by atoms with Crippen molar-refractivity contribution < 1.29 is 5.11 Å². The van der Waals surface area contributed by atoms with E-state index in [2.05, 4.69) is 15.9 Å². The smallest absolute Gasteiger partial charge is 0.0964 e. The molecule has 0 radical (unpaired) electrons. The zero-order valence-corrected chi connectivity index (χ0v) is 10.4. The van der Waals surface area contributed by atoms with Gasteiger partial charge in [0.05, 0.1) is 11.1 Å². The number of hydrogen-bond donors (Lipinski definition) is 2. The van der Waals surface area contributed by atoms with Crippen molar-refractivity contribution in [3.63, 3.8) is 0 Å². The van der Waals surface area contributed by atoms with Crippen LogP contribution in [-0.2, 0) is 0 Å². The Morgan fingerprint density at radius 2 is 2.07 bits per heavy atom. The van der Waals surface area contributed by atoms with Gasteiger partial charge in [-0.25, -0.2) is 0 Å². The van der Waals surface area contributed by atoms with E-state index in [4.69, 9.17) is 17.3 Å². The van der Waals surface area contributed by atoms with Crippen LogP contribution in [0, 0.1) is 0 Å². The summed E-state index contributed by atoms with van der Waals surface area (Å²) in [5.74, 6) is 0. The third-order valence-electron chi connectivity index (χ3n) is 1.96. The fourth-order valence-corrected chi connectivity index (χ4v) is 1.55. The summed E-state index contributed by atoms with van der Waals surface area (Å²) in [7, 11) is 0. The minimum atomic E-state index is -0.715. The largest absolute Gasteiger partial charge is 0.387 e. The van der Waals surface area contributed by atoms with E-state index in [0.717, 1.165) is 10.0 Å². The first-order valence-corrected chi connectivity index (χ1v) is 5.41. The predicted octanol–water partition coefficient (Wildman–Crippen LogP) is 2.87. The van der Waals surface area contributed by atoms with Gasteiger partial charge in [-0.2, -0.15) is 0 Å². The van der Waals surface area contributed by atoms with E-state index in [1.807, 2.05) is 0 Å². The van der Waals surface area contributed by atoms with E-state index in [1.165, 1.54) is 0 Å². The molecular weight excluding hydrogens is 265 g/mol.